The minimum absolute atomic E-state index is 0.486. The first-order valence-corrected chi connectivity index (χ1v) is 6.97. The zero-order chi connectivity index (χ0) is 13.9. The molecule has 2 N–H and O–H groups in total. The lowest BCUT2D eigenvalue weighted by Gasteiger charge is -2.31. The Bertz CT molecular complexity index is 538. The second-order valence-electron chi connectivity index (χ2n) is 5.17. The van der Waals surface area contributed by atoms with Crippen molar-refractivity contribution in [3.63, 3.8) is 0 Å². The highest BCUT2D eigenvalue weighted by atomic mass is 16.3. The Hall–Kier alpha value is -1.38. The zero-order valence-corrected chi connectivity index (χ0v) is 11.6. The molecule has 0 bridgehead atoms. The van der Waals surface area contributed by atoms with Crippen molar-refractivity contribution < 1.29 is 10.2 Å². The van der Waals surface area contributed by atoms with Crippen molar-refractivity contribution in [1.29, 1.82) is 0 Å². The maximum absolute atomic E-state index is 10.4. The predicted molar refractivity (Wildman–Crippen MR) is 79.2 cm³/mol. The normalized spacial score (nSPS) is 13.7. The molecule has 0 spiro atoms. The van der Waals surface area contributed by atoms with Gasteiger partial charge in [0.25, 0.3) is 0 Å². The summed E-state index contributed by atoms with van der Waals surface area (Å²) in [6.07, 6.45) is 0.887. The lowest BCUT2D eigenvalue weighted by molar-refractivity contribution is -0.0788. The van der Waals surface area contributed by atoms with E-state index in [9.17, 15) is 10.2 Å². The number of fused-ring (bicyclic) bond motifs is 1. The quantitative estimate of drug-likeness (QED) is 0.864. The Kier molecular flexibility index (Phi) is 4.23. The highest BCUT2D eigenvalue weighted by Crippen LogP contribution is 2.26. The summed E-state index contributed by atoms with van der Waals surface area (Å²) in [5, 5.41) is 23.0. The van der Waals surface area contributed by atoms with Gasteiger partial charge in [-0.2, -0.15) is 0 Å². The summed E-state index contributed by atoms with van der Waals surface area (Å²) >= 11 is 0. The summed E-state index contributed by atoms with van der Waals surface area (Å²) in [4.78, 5) is 0. The fraction of sp³-hybridized carbons (Fsp3) is 0.412. The number of hydrogen-bond acceptors (Lipinski definition) is 2. The molecule has 19 heavy (non-hydrogen) atoms. The lowest BCUT2D eigenvalue weighted by atomic mass is 9.86. The predicted octanol–water partition coefficient (Wildman–Crippen LogP) is 3.29. The van der Waals surface area contributed by atoms with E-state index >= 15 is 0 Å². The summed E-state index contributed by atoms with van der Waals surface area (Å²) in [7, 11) is 0. The molecule has 2 aromatic carbocycles. The van der Waals surface area contributed by atoms with Crippen molar-refractivity contribution in [3.8, 4) is 0 Å². The SMILES string of the molecule is CCC(O)(CC)C(O)Cc1cccc2ccccc12. The summed E-state index contributed by atoms with van der Waals surface area (Å²) in [5.41, 5.74) is 0.0997. The van der Waals surface area contributed by atoms with E-state index in [0.29, 0.717) is 19.3 Å². The Morgan fingerprint density at radius 3 is 2.32 bits per heavy atom. The van der Waals surface area contributed by atoms with Crippen molar-refractivity contribution in [2.75, 3.05) is 0 Å². The highest BCUT2D eigenvalue weighted by Gasteiger charge is 2.31. The summed E-state index contributed by atoms with van der Waals surface area (Å²) < 4.78 is 0. The van der Waals surface area contributed by atoms with Crippen LogP contribution >= 0.6 is 0 Å². The molecule has 2 aromatic rings. The van der Waals surface area contributed by atoms with Gasteiger partial charge < -0.3 is 10.2 Å². The van der Waals surface area contributed by atoms with Crippen LogP contribution in [-0.4, -0.2) is 21.9 Å². The molecule has 0 heterocycles. The summed E-state index contributed by atoms with van der Waals surface area (Å²) in [6, 6.07) is 14.2. The average molecular weight is 258 g/mol. The van der Waals surface area contributed by atoms with Crippen LogP contribution < -0.4 is 0 Å². The topological polar surface area (TPSA) is 40.5 Å². The van der Waals surface area contributed by atoms with Crippen LogP contribution in [0.2, 0.25) is 0 Å². The van der Waals surface area contributed by atoms with Gasteiger partial charge in [-0.1, -0.05) is 56.3 Å². The largest absolute Gasteiger partial charge is 0.390 e. The van der Waals surface area contributed by atoms with E-state index < -0.39 is 11.7 Å². The molecule has 2 heteroatoms. The third-order valence-electron chi connectivity index (χ3n) is 4.14. The Balaban J connectivity index is 2.31. The Morgan fingerprint density at radius 1 is 1.00 bits per heavy atom. The van der Waals surface area contributed by atoms with Gasteiger partial charge in [0.1, 0.15) is 0 Å². The molecular formula is C17H22O2. The fourth-order valence-electron chi connectivity index (χ4n) is 2.59. The fourth-order valence-corrected chi connectivity index (χ4v) is 2.59. The minimum Gasteiger partial charge on any atom is -0.390 e. The number of benzene rings is 2. The van der Waals surface area contributed by atoms with E-state index in [1.165, 1.54) is 5.39 Å². The summed E-state index contributed by atoms with van der Waals surface area (Å²) in [5.74, 6) is 0. The molecule has 2 rings (SSSR count). The molecule has 0 aliphatic rings. The zero-order valence-electron chi connectivity index (χ0n) is 11.6. The van der Waals surface area contributed by atoms with Crippen LogP contribution in [0.25, 0.3) is 10.8 Å². The van der Waals surface area contributed by atoms with Crippen molar-refractivity contribution in [3.05, 3.63) is 48.0 Å². The number of rotatable bonds is 5. The first-order valence-electron chi connectivity index (χ1n) is 6.97. The number of aliphatic hydroxyl groups excluding tert-OH is 1. The maximum Gasteiger partial charge on any atom is 0.0903 e. The average Bonchev–Trinajstić information content (AvgIpc) is 2.46. The van der Waals surface area contributed by atoms with E-state index in [-0.39, 0.29) is 0 Å². The van der Waals surface area contributed by atoms with Gasteiger partial charge in [0, 0.05) is 6.42 Å². The van der Waals surface area contributed by atoms with Gasteiger partial charge in [-0.25, -0.2) is 0 Å². The smallest absolute Gasteiger partial charge is 0.0903 e. The van der Waals surface area contributed by atoms with Crippen molar-refractivity contribution in [1.82, 2.24) is 0 Å². The van der Waals surface area contributed by atoms with Crippen LogP contribution in [-0.2, 0) is 6.42 Å². The molecule has 0 aliphatic heterocycles. The molecule has 0 radical (unpaired) electrons. The third kappa shape index (κ3) is 2.80. The Morgan fingerprint density at radius 2 is 1.63 bits per heavy atom. The Labute approximate surface area is 114 Å². The van der Waals surface area contributed by atoms with E-state index in [2.05, 4.69) is 18.2 Å². The molecule has 0 saturated carbocycles. The molecular weight excluding hydrogens is 236 g/mol. The van der Waals surface area contributed by atoms with Crippen LogP contribution in [0.5, 0.6) is 0 Å². The van der Waals surface area contributed by atoms with Crippen molar-refractivity contribution >= 4 is 10.8 Å². The molecule has 0 fully saturated rings. The third-order valence-corrected chi connectivity index (χ3v) is 4.14. The van der Waals surface area contributed by atoms with Crippen molar-refractivity contribution in [2.45, 2.75) is 44.8 Å². The van der Waals surface area contributed by atoms with Crippen molar-refractivity contribution in [2.24, 2.45) is 0 Å². The maximum atomic E-state index is 10.4. The van der Waals surface area contributed by atoms with Gasteiger partial charge in [-0.15, -0.1) is 0 Å². The van der Waals surface area contributed by atoms with Crippen LogP contribution in [0.1, 0.15) is 32.3 Å². The molecule has 1 atom stereocenters. The first-order chi connectivity index (χ1) is 9.10. The van der Waals surface area contributed by atoms with Gasteiger partial charge >= 0.3 is 0 Å². The van der Waals surface area contributed by atoms with Gasteiger partial charge in [-0.3, -0.25) is 0 Å². The molecule has 102 valence electrons. The van der Waals surface area contributed by atoms with Gasteiger partial charge in [0.2, 0.25) is 0 Å². The van der Waals surface area contributed by atoms with Crippen LogP contribution in [0.4, 0.5) is 0 Å². The highest BCUT2D eigenvalue weighted by molar-refractivity contribution is 5.85. The monoisotopic (exact) mass is 258 g/mol. The molecule has 0 aliphatic carbocycles. The standard InChI is InChI=1S/C17H22O2/c1-3-17(19,4-2)16(18)12-14-10-7-9-13-8-5-6-11-15(13)14/h5-11,16,18-19H,3-4,12H2,1-2H3. The van der Waals surface area contributed by atoms with E-state index in [0.717, 1.165) is 10.9 Å². The minimum atomic E-state index is -0.989. The number of aliphatic hydroxyl groups is 2. The summed E-state index contributed by atoms with van der Waals surface area (Å²) in [6.45, 7) is 3.83. The molecule has 0 amide bonds. The van der Waals surface area contributed by atoms with E-state index in [1.54, 1.807) is 0 Å². The molecule has 1 unspecified atom stereocenters. The molecule has 0 saturated heterocycles. The lowest BCUT2D eigenvalue weighted by Crippen LogP contribution is -2.42. The molecule has 2 nitrogen and oxygen atoms in total. The van der Waals surface area contributed by atoms with Gasteiger partial charge in [-0.05, 0) is 29.2 Å². The van der Waals surface area contributed by atoms with E-state index in [1.807, 2.05) is 38.1 Å². The van der Waals surface area contributed by atoms with Crippen LogP contribution in [0, 0.1) is 0 Å². The van der Waals surface area contributed by atoms with Gasteiger partial charge in [0.15, 0.2) is 0 Å². The van der Waals surface area contributed by atoms with Crippen LogP contribution in [0.3, 0.4) is 0 Å². The second-order valence-corrected chi connectivity index (χ2v) is 5.17. The van der Waals surface area contributed by atoms with E-state index in [4.69, 9.17) is 0 Å². The molecule has 0 aromatic heterocycles. The van der Waals surface area contributed by atoms with Gasteiger partial charge in [0.05, 0.1) is 11.7 Å². The van der Waals surface area contributed by atoms with Crippen LogP contribution in [0.15, 0.2) is 42.5 Å². The second kappa shape index (κ2) is 5.72. The first kappa shape index (κ1) is 14.0. The number of hydrogen-bond donors (Lipinski definition) is 2.